The third-order valence-electron chi connectivity index (χ3n) is 3.82. The molecule has 0 bridgehead atoms. The van der Waals surface area contributed by atoms with Crippen molar-refractivity contribution in [1.82, 2.24) is 8.61 Å². The molecule has 0 saturated carbocycles. The monoisotopic (exact) mass is 308 g/mol. The summed E-state index contributed by atoms with van der Waals surface area (Å²) in [7, 11) is -2.08. The van der Waals surface area contributed by atoms with E-state index < -0.39 is 16.3 Å². The first-order chi connectivity index (χ1) is 9.01. The van der Waals surface area contributed by atoms with Crippen LogP contribution in [0.1, 0.15) is 34.6 Å². The minimum atomic E-state index is -3.61. The molecule has 1 N–H and O–H groups in total. The molecule has 0 radical (unpaired) electrons. The van der Waals surface area contributed by atoms with Crippen LogP contribution in [0.25, 0.3) is 0 Å². The summed E-state index contributed by atoms with van der Waals surface area (Å²) >= 11 is 0. The molecule has 0 aromatic heterocycles. The van der Waals surface area contributed by atoms with Crippen LogP contribution < -0.4 is 0 Å². The van der Waals surface area contributed by atoms with Gasteiger partial charge in [-0.2, -0.15) is 17.0 Å². The molecule has 1 heterocycles. The van der Waals surface area contributed by atoms with Crippen molar-refractivity contribution in [1.29, 1.82) is 0 Å². The van der Waals surface area contributed by atoms with Gasteiger partial charge in [0.2, 0.25) is 0 Å². The van der Waals surface area contributed by atoms with Gasteiger partial charge in [-0.3, -0.25) is 0 Å². The zero-order chi connectivity index (χ0) is 15.7. The Balaban J connectivity index is 3.02. The summed E-state index contributed by atoms with van der Waals surface area (Å²) in [6.45, 7) is 10.0. The summed E-state index contributed by atoms with van der Waals surface area (Å²) in [5.41, 5.74) is -0.336. The minimum absolute atomic E-state index is 0.114. The average molecular weight is 308 g/mol. The second-order valence-corrected chi connectivity index (χ2v) is 8.59. The number of nitrogens with zero attached hydrogens (tertiary/aromatic N) is 2. The van der Waals surface area contributed by atoms with E-state index in [2.05, 4.69) is 0 Å². The molecule has 1 fully saturated rings. The van der Waals surface area contributed by atoms with Crippen molar-refractivity contribution in [3.05, 3.63) is 0 Å². The number of ether oxygens (including phenoxy) is 1. The second kappa shape index (κ2) is 6.27. The molecule has 0 aliphatic carbocycles. The molecule has 7 heteroatoms. The summed E-state index contributed by atoms with van der Waals surface area (Å²) < 4.78 is 33.8. The lowest BCUT2D eigenvalue weighted by atomic mass is 9.87. The predicted octanol–water partition coefficient (Wildman–Crippen LogP) is 0.679. The van der Waals surface area contributed by atoms with E-state index in [1.165, 1.54) is 15.7 Å². The number of morpholine rings is 1. The number of aliphatic hydroxyl groups is 1. The van der Waals surface area contributed by atoms with Crippen LogP contribution in [0.3, 0.4) is 0 Å². The molecule has 0 spiro atoms. The molecule has 1 rings (SSSR count). The highest BCUT2D eigenvalue weighted by Crippen LogP contribution is 2.28. The molecule has 1 aliphatic rings. The van der Waals surface area contributed by atoms with E-state index in [9.17, 15) is 13.5 Å². The first-order valence-electron chi connectivity index (χ1n) is 6.99. The van der Waals surface area contributed by atoms with Gasteiger partial charge in [0, 0.05) is 19.6 Å². The van der Waals surface area contributed by atoms with E-state index in [1.807, 2.05) is 34.6 Å². The van der Waals surface area contributed by atoms with E-state index in [0.29, 0.717) is 13.2 Å². The van der Waals surface area contributed by atoms with Gasteiger partial charge >= 0.3 is 0 Å². The normalized spacial score (nSPS) is 27.8. The SMILES string of the molecule is C[C@@H]1CN(S(=O)(=O)N(C)[C@@H](CO)C(C)(C)C)[C@H](C)CO1. The lowest BCUT2D eigenvalue weighted by Gasteiger charge is -2.42. The largest absolute Gasteiger partial charge is 0.395 e. The van der Waals surface area contributed by atoms with Gasteiger partial charge in [-0.25, -0.2) is 0 Å². The first-order valence-corrected chi connectivity index (χ1v) is 8.38. The van der Waals surface area contributed by atoms with E-state index in [1.54, 1.807) is 0 Å². The maximum absolute atomic E-state index is 12.8. The molecule has 0 amide bonds. The topological polar surface area (TPSA) is 70.1 Å². The highest BCUT2D eigenvalue weighted by molar-refractivity contribution is 7.86. The van der Waals surface area contributed by atoms with Crippen LogP contribution in [0.5, 0.6) is 0 Å². The highest BCUT2D eigenvalue weighted by Gasteiger charge is 2.41. The van der Waals surface area contributed by atoms with Gasteiger partial charge in [0.05, 0.1) is 25.4 Å². The molecule has 120 valence electrons. The van der Waals surface area contributed by atoms with Gasteiger partial charge in [-0.05, 0) is 19.3 Å². The Morgan fingerprint density at radius 2 is 1.95 bits per heavy atom. The van der Waals surface area contributed by atoms with E-state index in [4.69, 9.17) is 4.74 Å². The van der Waals surface area contributed by atoms with E-state index in [-0.39, 0.29) is 24.2 Å². The van der Waals surface area contributed by atoms with Gasteiger partial charge in [0.1, 0.15) is 0 Å². The van der Waals surface area contributed by atoms with E-state index in [0.717, 1.165) is 0 Å². The van der Waals surface area contributed by atoms with Crippen LogP contribution in [0, 0.1) is 5.41 Å². The van der Waals surface area contributed by atoms with Gasteiger partial charge in [-0.15, -0.1) is 0 Å². The first kappa shape index (κ1) is 17.8. The standard InChI is InChI=1S/C13H28N2O4S/c1-10-9-19-11(2)7-15(10)20(17,18)14(6)12(8-16)13(3,4)5/h10-12,16H,7-9H2,1-6H3/t10-,11-,12+/m1/s1. The molecular formula is C13H28N2O4S. The Morgan fingerprint density at radius 1 is 1.40 bits per heavy atom. The molecule has 1 saturated heterocycles. The number of rotatable bonds is 4. The number of hydrogen-bond donors (Lipinski definition) is 1. The number of aliphatic hydroxyl groups excluding tert-OH is 1. The van der Waals surface area contributed by atoms with Gasteiger partial charge in [0.15, 0.2) is 0 Å². The zero-order valence-electron chi connectivity index (χ0n) is 13.3. The van der Waals surface area contributed by atoms with Crippen molar-refractivity contribution in [2.24, 2.45) is 5.41 Å². The summed E-state index contributed by atoms with van der Waals surface area (Å²) in [5, 5.41) is 9.56. The van der Waals surface area contributed by atoms with Crippen molar-refractivity contribution in [3.63, 3.8) is 0 Å². The Kier molecular flexibility index (Phi) is 5.60. The molecule has 1 aliphatic heterocycles. The molecule has 0 unspecified atom stereocenters. The maximum Gasteiger partial charge on any atom is 0.282 e. The Morgan fingerprint density at radius 3 is 2.40 bits per heavy atom. The molecule has 6 nitrogen and oxygen atoms in total. The third kappa shape index (κ3) is 3.71. The third-order valence-corrected chi connectivity index (χ3v) is 5.91. The van der Waals surface area contributed by atoms with Crippen molar-refractivity contribution in [2.45, 2.75) is 52.8 Å². The van der Waals surface area contributed by atoms with Crippen LogP contribution in [-0.2, 0) is 14.9 Å². The summed E-state index contributed by atoms with van der Waals surface area (Å²) in [5.74, 6) is 0. The van der Waals surface area contributed by atoms with Crippen LogP contribution in [0.2, 0.25) is 0 Å². The van der Waals surface area contributed by atoms with Crippen LogP contribution in [0.4, 0.5) is 0 Å². The molecular weight excluding hydrogens is 280 g/mol. The van der Waals surface area contributed by atoms with Gasteiger partial charge in [0.25, 0.3) is 10.2 Å². The zero-order valence-corrected chi connectivity index (χ0v) is 14.1. The van der Waals surface area contributed by atoms with Crippen molar-refractivity contribution >= 4 is 10.2 Å². The van der Waals surface area contributed by atoms with Gasteiger partial charge in [-0.1, -0.05) is 20.8 Å². The Hall–Kier alpha value is -0.210. The number of likely N-dealkylation sites (N-methyl/N-ethyl adjacent to an activating group) is 1. The molecule has 3 atom stereocenters. The predicted molar refractivity (Wildman–Crippen MR) is 78.6 cm³/mol. The fourth-order valence-corrected chi connectivity index (χ4v) is 4.40. The highest BCUT2D eigenvalue weighted by atomic mass is 32.2. The summed E-state index contributed by atoms with van der Waals surface area (Å²) in [4.78, 5) is 0. The fourth-order valence-electron chi connectivity index (χ4n) is 2.45. The Labute approximate surface area is 122 Å². The van der Waals surface area contributed by atoms with Crippen molar-refractivity contribution < 1.29 is 18.3 Å². The Bertz CT molecular complexity index is 419. The van der Waals surface area contributed by atoms with Crippen LogP contribution in [0.15, 0.2) is 0 Å². The fraction of sp³-hybridized carbons (Fsp3) is 1.00. The van der Waals surface area contributed by atoms with Crippen LogP contribution >= 0.6 is 0 Å². The average Bonchev–Trinajstić information content (AvgIpc) is 2.31. The minimum Gasteiger partial charge on any atom is -0.395 e. The van der Waals surface area contributed by atoms with Crippen LogP contribution in [-0.4, -0.2) is 67.1 Å². The van der Waals surface area contributed by atoms with Crippen molar-refractivity contribution in [3.8, 4) is 0 Å². The lowest BCUT2D eigenvalue weighted by molar-refractivity contribution is -0.0204. The maximum atomic E-state index is 12.8. The second-order valence-electron chi connectivity index (χ2n) is 6.65. The molecule has 0 aromatic carbocycles. The van der Waals surface area contributed by atoms with Gasteiger partial charge < -0.3 is 9.84 Å². The number of hydrogen-bond acceptors (Lipinski definition) is 4. The summed E-state index contributed by atoms with van der Waals surface area (Å²) in [6.07, 6.45) is -0.114. The van der Waals surface area contributed by atoms with Crippen molar-refractivity contribution in [2.75, 3.05) is 26.8 Å². The smallest absolute Gasteiger partial charge is 0.282 e. The lowest BCUT2D eigenvalue weighted by Crippen LogP contribution is -2.58. The van der Waals surface area contributed by atoms with E-state index >= 15 is 0 Å². The molecule has 0 aromatic rings. The summed E-state index contributed by atoms with van der Waals surface area (Å²) in [6, 6.07) is -0.657. The molecule has 20 heavy (non-hydrogen) atoms. The quantitative estimate of drug-likeness (QED) is 0.829.